The first-order valence-electron chi connectivity index (χ1n) is 4.51. The van der Waals surface area contributed by atoms with E-state index in [9.17, 15) is 0 Å². The van der Waals surface area contributed by atoms with Crippen molar-refractivity contribution in [2.45, 2.75) is 13.0 Å². The van der Waals surface area contributed by atoms with Crippen molar-refractivity contribution in [1.82, 2.24) is 15.3 Å². The van der Waals surface area contributed by atoms with Gasteiger partial charge in [-0.05, 0) is 20.0 Å². The average molecular weight is 178 g/mol. The summed E-state index contributed by atoms with van der Waals surface area (Å²) >= 11 is 0. The van der Waals surface area contributed by atoms with Crippen LogP contribution < -0.4 is 10.2 Å². The normalized spacial score (nSPS) is 17.2. The second-order valence-electron chi connectivity index (χ2n) is 3.39. The SMILES string of the molecule is CNC1CN(c2nccc(C)n2)C1. The third kappa shape index (κ3) is 1.62. The van der Waals surface area contributed by atoms with Gasteiger partial charge in [0.1, 0.15) is 0 Å². The Balaban J connectivity index is 2.03. The summed E-state index contributed by atoms with van der Waals surface area (Å²) in [5.41, 5.74) is 1.03. The molecule has 1 aromatic rings. The number of anilines is 1. The minimum absolute atomic E-state index is 0.601. The molecule has 4 heteroatoms. The van der Waals surface area contributed by atoms with Gasteiger partial charge in [0.2, 0.25) is 5.95 Å². The number of likely N-dealkylation sites (N-methyl/N-ethyl adjacent to an activating group) is 1. The van der Waals surface area contributed by atoms with Crippen LogP contribution in [0.4, 0.5) is 5.95 Å². The Morgan fingerprint density at radius 3 is 2.92 bits per heavy atom. The fourth-order valence-electron chi connectivity index (χ4n) is 1.41. The molecule has 13 heavy (non-hydrogen) atoms. The molecular weight excluding hydrogens is 164 g/mol. The second kappa shape index (κ2) is 3.30. The lowest BCUT2D eigenvalue weighted by Gasteiger charge is -2.38. The molecule has 0 aromatic carbocycles. The van der Waals surface area contributed by atoms with Gasteiger partial charge in [-0.25, -0.2) is 9.97 Å². The molecule has 0 aliphatic carbocycles. The van der Waals surface area contributed by atoms with Crippen LogP contribution >= 0.6 is 0 Å². The van der Waals surface area contributed by atoms with E-state index in [0.29, 0.717) is 6.04 Å². The maximum Gasteiger partial charge on any atom is 0.225 e. The van der Waals surface area contributed by atoms with Gasteiger partial charge in [0.25, 0.3) is 0 Å². The standard InChI is InChI=1S/C9H14N4/c1-7-3-4-11-9(12-7)13-5-8(6-13)10-2/h3-4,8,10H,5-6H2,1-2H3. The maximum absolute atomic E-state index is 4.35. The highest BCUT2D eigenvalue weighted by Gasteiger charge is 2.26. The Morgan fingerprint density at radius 1 is 1.54 bits per heavy atom. The van der Waals surface area contributed by atoms with E-state index in [1.165, 1.54) is 0 Å². The molecule has 70 valence electrons. The lowest BCUT2D eigenvalue weighted by atomic mass is 10.1. The summed E-state index contributed by atoms with van der Waals surface area (Å²) in [6.45, 7) is 4.01. The third-order valence-electron chi connectivity index (χ3n) is 2.35. The van der Waals surface area contributed by atoms with Crippen molar-refractivity contribution in [3.63, 3.8) is 0 Å². The topological polar surface area (TPSA) is 41.0 Å². The Labute approximate surface area is 78.0 Å². The number of nitrogens with one attached hydrogen (secondary N) is 1. The predicted molar refractivity (Wildman–Crippen MR) is 51.8 cm³/mol. The molecule has 1 aliphatic rings. The minimum atomic E-state index is 0.601. The number of aromatic nitrogens is 2. The van der Waals surface area contributed by atoms with Crippen LogP contribution in [0.3, 0.4) is 0 Å². The summed E-state index contributed by atoms with van der Waals surface area (Å²) in [6, 6.07) is 2.52. The van der Waals surface area contributed by atoms with Crippen LogP contribution in [-0.2, 0) is 0 Å². The monoisotopic (exact) mass is 178 g/mol. The smallest absolute Gasteiger partial charge is 0.225 e. The van der Waals surface area contributed by atoms with E-state index in [4.69, 9.17) is 0 Å². The fourth-order valence-corrected chi connectivity index (χ4v) is 1.41. The van der Waals surface area contributed by atoms with Gasteiger partial charge >= 0.3 is 0 Å². The molecule has 1 N–H and O–H groups in total. The lowest BCUT2D eigenvalue weighted by Crippen LogP contribution is -2.57. The average Bonchev–Trinajstić information content (AvgIpc) is 2.02. The molecule has 1 fully saturated rings. The van der Waals surface area contributed by atoms with Crippen LogP contribution in [0.25, 0.3) is 0 Å². The van der Waals surface area contributed by atoms with Gasteiger partial charge in [-0.1, -0.05) is 0 Å². The number of hydrogen-bond acceptors (Lipinski definition) is 4. The van der Waals surface area contributed by atoms with Gasteiger partial charge in [-0.15, -0.1) is 0 Å². The zero-order valence-corrected chi connectivity index (χ0v) is 7.99. The Kier molecular flexibility index (Phi) is 2.14. The van der Waals surface area contributed by atoms with E-state index < -0.39 is 0 Å². The van der Waals surface area contributed by atoms with Crippen LogP contribution in [0.1, 0.15) is 5.69 Å². The van der Waals surface area contributed by atoms with Crippen molar-refractivity contribution in [3.8, 4) is 0 Å². The molecule has 0 unspecified atom stereocenters. The molecule has 0 saturated carbocycles. The third-order valence-corrected chi connectivity index (χ3v) is 2.35. The van der Waals surface area contributed by atoms with Crippen molar-refractivity contribution in [2.75, 3.05) is 25.0 Å². The molecule has 0 amide bonds. The first kappa shape index (κ1) is 8.44. The molecule has 2 heterocycles. The van der Waals surface area contributed by atoms with Crippen LogP contribution in [0, 0.1) is 6.92 Å². The Morgan fingerprint density at radius 2 is 2.31 bits per heavy atom. The summed E-state index contributed by atoms with van der Waals surface area (Å²) in [4.78, 5) is 10.7. The van der Waals surface area contributed by atoms with Crippen LogP contribution in [0.15, 0.2) is 12.3 Å². The highest BCUT2D eigenvalue weighted by Crippen LogP contribution is 2.15. The van der Waals surface area contributed by atoms with E-state index in [1.54, 1.807) is 0 Å². The summed E-state index contributed by atoms with van der Waals surface area (Å²) < 4.78 is 0. The molecule has 0 spiro atoms. The predicted octanol–water partition coefficient (Wildman–Crippen LogP) is 0.193. The molecule has 1 saturated heterocycles. The van der Waals surface area contributed by atoms with Gasteiger partial charge in [0.05, 0.1) is 0 Å². The highest BCUT2D eigenvalue weighted by molar-refractivity contribution is 5.35. The van der Waals surface area contributed by atoms with Crippen LogP contribution in [0.5, 0.6) is 0 Å². The van der Waals surface area contributed by atoms with Crippen molar-refractivity contribution >= 4 is 5.95 Å². The van der Waals surface area contributed by atoms with Gasteiger partial charge in [0.15, 0.2) is 0 Å². The second-order valence-corrected chi connectivity index (χ2v) is 3.39. The zero-order valence-electron chi connectivity index (χ0n) is 7.99. The van der Waals surface area contributed by atoms with Crippen LogP contribution in [0.2, 0.25) is 0 Å². The summed E-state index contributed by atoms with van der Waals surface area (Å²) in [7, 11) is 1.99. The minimum Gasteiger partial charge on any atom is -0.338 e. The number of hydrogen-bond donors (Lipinski definition) is 1. The first-order chi connectivity index (χ1) is 6.29. The van der Waals surface area contributed by atoms with E-state index in [-0.39, 0.29) is 0 Å². The lowest BCUT2D eigenvalue weighted by molar-refractivity contribution is 0.443. The maximum atomic E-state index is 4.35. The van der Waals surface area contributed by atoms with E-state index in [1.807, 2.05) is 26.2 Å². The Bertz CT molecular complexity index is 293. The summed E-state index contributed by atoms with van der Waals surface area (Å²) in [6.07, 6.45) is 1.81. The summed E-state index contributed by atoms with van der Waals surface area (Å²) in [5.74, 6) is 0.853. The van der Waals surface area contributed by atoms with Gasteiger partial charge in [0, 0.05) is 31.0 Å². The van der Waals surface area contributed by atoms with Crippen molar-refractivity contribution in [3.05, 3.63) is 18.0 Å². The van der Waals surface area contributed by atoms with Crippen molar-refractivity contribution in [2.24, 2.45) is 0 Å². The van der Waals surface area contributed by atoms with Crippen LogP contribution in [-0.4, -0.2) is 36.1 Å². The quantitative estimate of drug-likeness (QED) is 0.702. The Hall–Kier alpha value is -1.16. The van der Waals surface area contributed by atoms with E-state index in [2.05, 4.69) is 20.2 Å². The molecule has 0 radical (unpaired) electrons. The molecule has 1 aromatic heterocycles. The number of aryl methyl sites for hydroxylation is 1. The number of nitrogens with zero attached hydrogens (tertiary/aromatic N) is 3. The van der Waals surface area contributed by atoms with Crippen molar-refractivity contribution in [1.29, 1.82) is 0 Å². The van der Waals surface area contributed by atoms with Gasteiger partial charge in [-0.3, -0.25) is 0 Å². The molecule has 4 nitrogen and oxygen atoms in total. The molecule has 0 bridgehead atoms. The van der Waals surface area contributed by atoms with Gasteiger partial charge < -0.3 is 10.2 Å². The fraction of sp³-hybridized carbons (Fsp3) is 0.556. The molecule has 0 atom stereocenters. The molecular formula is C9H14N4. The van der Waals surface area contributed by atoms with Crippen molar-refractivity contribution < 1.29 is 0 Å². The molecule has 1 aliphatic heterocycles. The van der Waals surface area contributed by atoms with E-state index >= 15 is 0 Å². The largest absolute Gasteiger partial charge is 0.338 e. The molecule has 2 rings (SSSR count). The summed E-state index contributed by atoms with van der Waals surface area (Å²) in [5, 5.41) is 3.22. The van der Waals surface area contributed by atoms with Gasteiger partial charge in [-0.2, -0.15) is 0 Å². The first-order valence-corrected chi connectivity index (χ1v) is 4.51. The zero-order chi connectivity index (χ0) is 9.26. The van der Waals surface area contributed by atoms with E-state index in [0.717, 1.165) is 24.7 Å². The highest BCUT2D eigenvalue weighted by atomic mass is 15.3. The number of rotatable bonds is 2.